The van der Waals surface area contributed by atoms with Crippen molar-refractivity contribution in [3.63, 3.8) is 0 Å². The number of hydrogen-bond donors (Lipinski definition) is 1. The Bertz CT molecular complexity index is 926. The first kappa shape index (κ1) is 16.0. The first-order valence-electron chi connectivity index (χ1n) is 8.02. The summed E-state index contributed by atoms with van der Waals surface area (Å²) in [5, 5.41) is 3.47. The fourth-order valence-electron chi connectivity index (χ4n) is 2.55. The lowest BCUT2D eigenvalue weighted by atomic mass is 9.98. The Morgan fingerprint density at radius 2 is 1.83 bits per heavy atom. The molecule has 0 aliphatic carbocycles. The van der Waals surface area contributed by atoms with Crippen LogP contribution in [-0.2, 0) is 0 Å². The second-order valence-electron chi connectivity index (χ2n) is 5.87. The molecule has 1 aromatic heterocycles. The van der Waals surface area contributed by atoms with Gasteiger partial charge in [0.15, 0.2) is 0 Å². The quantitative estimate of drug-likeness (QED) is 0.717. The molecule has 1 amide bonds. The number of rotatable bonds is 4. The fraction of sp³-hybridized carbons (Fsp3) is 0.200. The smallest absolute Gasteiger partial charge is 0.349 e. The van der Waals surface area contributed by atoms with Crippen molar-refractivity contribution in [2.45, 2.75) is 26.2 Å². The predicted octanol–water partition coefficient (Wildman–Crippen LogP) is 4.56. The monoisotopic (exact) mass is 321 g/mol. The molecule has 0 radical (unpaired) electrons. The van der Waals surface area contributed by atoms with Crippen molar-refractivity contribution in [3.05, 3.63) is 76.1 Å². The summed E-state index contributed by atoms with van der Waals surface area (Å²) in [6.07, 6.45) is 1.06. The maximum Gasteiger partial charge on any atom is 0.349 e. The van der Waals surface area contributed by atoms with Crippen LogP contribution < -0.4 is 10.9 Å². The molecule has 24 heavy (non-hydrogen) atoms. The molecular weight excluding hydrogens is 302 g/mol. The number of nitrogens with one attached hydrogen (secondary N) is 1. The number of carbonyl (C=O) groups is 1. The maximum absolute atomic E-state index is 12.4. The summed E-state index contributed by atoms with van der Waals surface area (Å²) in [6.45, 7) is 4.30. The summed E-state index contributed by atoms with van der Waals surface area (Å²) in [7, 11) is 0. The Balaban J connectivity index is 1.84. The van der Waals surface area contributed by atoms with E-state index in [4.69, 9.17) is 4.42 Å². The van der Waals surface area contributed by atoms with Crippen molar-refractivity contribution >= 4 is 22.6 Å². The van der Waals surface area contributed by atoms with Crippen LogP contribution in [0.5, 0.6) is 0 Å². The number of carbonyl (C=O) groups excluding carboxylic acids is 1. The molecular formula is C20H19NO3. The zero-order valence-electron chi connectivity index (χ0n) is 13.7. The van der Waals surface area contributed by atoms with Crippen LogP contribution in [0.2, 0.25) is 0 Å². The number of fused-ring (bicyclic) bond motifs is 1. The molecule has 1 unspecified atom stereocenters. The third kappa shape index (κ3) is 3.23. The van der Waals surface area contributed by atoms with Gasteiger partial charge in [0.2, 0.25) is 0 Å². The normalized spacial score (nSPS) is 12.1. The van der Waals surface area contributed by atoms with E-state index in [2.05, 4.69) is 19.2 Å². The molecule has 0 spiro atoms. The molecule has 1 heterocycles. The molecule has 0 bridgehead atoms. The summed E-state index contributed by atoms with van der Waals surface area (Å²) < 4.78 is 5.20. The van der Waals surface area contributed by atoms with Gasteiger partial charge in [-0.3, -0.25) is 4.79 Å². The van der Waals surface area contributed by atoms with Gasteiger partial charge < -0.3 is 9.73 Å². The molecule has 2 aromatic carbocycles. The maximum atomic E-state index is 12.4. The van der Waals surface area contributed by atoms with Gasteiger partial charge in [0.25, 0.3) is 5.91 Å². The number of para-hydroxylation sites is 1. The first-order chi connectivity index (χ1) is 11.6. The van der Waals surface area contributed by atoms with Crippen molar-refractivity contribution in [2.24, 2.45) is 0 Å². The highest BCUT2D eigenvalue weighted by Crippen LogP contribution is 2.21. The van der Waals surface area contributed by atoms with Crippen molar-refractivity contribution in [1.29, 1.82) is 0 Å². The highest BCUT2D eigenvalue weighted by atomic mass is 16.4. The van der Waals surface area contributed by atoms with Crippen LogP contribution in [0, 0.1) is 0 Å². The first-order valence-corrected chi connectivity index (χ1v) is 8.02. The molecule has 3 aromatic rings. The number of anilines is 1. The standard InChI is InChI=1S/C20H19NO3/c1-3-13(2)14-8-10-16(11-9-14)21-19(22)17-12-15-6-4-5-7-18(15)24-20(17)23/h4-13H,3H2,1-2H3,(H,21,22). The van der Waals surface area contributed by atoms with Gasteiger partial charge in [-0.2, -0.15) is 0 Å². The van der Waals surface area contributed by atoms with E-state index in [1.165, 1.54) is 5.56 Å². The minimum atomic E-state index is -0.637. The average molecular weight is 321 g/mol. The summed E-state index contributed by atoms with van der Waals surface area (Å²) in [4.78, 5) is 24.4. The van der Waals surface area contributed by atoms with Crippen molar-refractivity contribution < 1.29 is 9.21 Å². The molecule has 0 aliphatic heterocycles. The molecule has 0 saturated carbocycles. The molecule has 122 valence electrons. The Morgan fingerprint density at radius 3 is 2.54 bits per heavy atom. The third-order valence-corrected chi connectivity index (χ3v) is 4.24. The van der Waals surface area contributed by atoms with Crippen LogP contribution >= 0.6 is 0 Å². The van der Waals surface area contributed by atoms with E-state index in [0.29, 0.717) is 17.2 Å². The largest absolute Gasteiger partial charge is 0.422 e. The van der Waals surface area contributed by atoms with Crippen LogP contribution in [0.1, 0.15) is 42.1 Å². The summed E-state index contributed by atoms with van der Waals surface area (Å²) >= 11 is 0. The van der Waals surface area contributed by atoms with E-state index < -0.39 is 11.5 Å². The molecule has 0 fully saturated rings. The molecule has 1 atom stereocenters. The lowest BCUT2D eigenvalue weighted by Gasteiger charge is -2.10. The zero-order chi connectivity index (χ0) is 17.1. The van der Waals surface area contributed by atoms with Gasteiger partial charge in [-0.15, -0.1) is 0 Å². The Morgan fingerprint density at radius 1 is 1.12 bits per heavy atom. The fourth-order valence-corrected chi connectivity index (χ4v) is 2.55. The van der Waals surface area contributed by atoms with Gasteiger partial charge in [0, 0.05) is 11.1 Å². The van der Waals surface area contributed by atoms with Crippen molar-refractivity contribution in [2.75, 3.05) is 5.32 Å². The highest BCUT2D eigenvalue weighted by Gasteiger charge is 2.14. The Kier molecular flexibility index (Phi) is 4.47. The van der Waals surface area contributed by atoms with E-state index in [1.807, 2.05) is 30.3 Å². The molecule has 0 aliphatic rings. The van der Waals surface area contributed by atoms with Crippen LogP contribution in [0.15, 0.2) is 63.8 Å². The van der Waals surface area contributed by atoms with Gasteiger partial charge in [0.05, 0.1) is 0 Å². The van der Waals surface area contributed by atoms with E-state index in [0.717, 1.165) is 11.8 Å². The van der Waals surface area contributed by atoms with Crippen molar-refractivity contribution in [1.82, 2.24) is 0 Å². The minimum Gasteiger partial charge on any atom is -0.422 e. The molecule has 0 saturated heterocycles. The summed E-state index contributed by atoms with van der Waals surface area (Å²) in [5.41, 5.74) is 1.71. The van der Waals surface area contributed by atoms with Gasteiger partial charge in [-0.05, 0) is 42.2 Å². The highest BCUT2D eigenvalue weighted by molar-refractivity contribution is 6.05. The average Bonchev–Trinajstić information content (AvgIpc) is 2.61. The van der Waals surface area contributed by atoms with Crippen LogP contribution in [0.25, 0.3) is 11.0 Å². The second-order valence-corrected chi connectivity index (χ2v) is 5.87. The van der Waals surface area contributed by atoms with Gasteiger partial charge >= 0.3 is 5.63 Å². The molecule has 4 nitrogen and oxygen atoms in total. The lowest BCUT2D eigenvalue weighted by Crippen LogP contribution is -2.20. The Hall–Kier alpha value is -2.88. The van der Waals surface area contributed by atoms with E-state index in [1.54, 1.807) is 24.3 Å². The van der Waals surface area contributed by atoms with Crippen LogP contribution in [-0.4, -0.2) is 5.91 Å². The van der Waals surface area contributed by atoms with Gasteiger partial charge in [-0.25, -0.2) is 4.79 Å². The summed E-state index contributed by atoms with van der Waals surface area (Å²) in [6, 6.07) is 16.4. The van der Waals surface area contributed by atoms with E-state index >= 15 is 0 Å². The molecule has 1 N–H and O–H groups in total. The SMILES string of the molecule is CCC(C)c1ccc(NC(=O)c2cc3ccccc3oc2=O)cc1. The number of amides is 1. The predicted molar refractivity (Wildman–Crippen MR) is 95.6 cm³/mol. The van der Waals surface area contributed by atoms with Crippen LogP contribution in [0.3, 0.4) is 0 Å². The minimum absolute atomic E-state index is 0.000275. The molecule has 3 rings (SSSR count). The lowest BCUT2D eigenvalue weighted by molar-refractivity contribution is 0.102. The van der Waals surface area contributed by atoms with Crippen LogP contribution in [0.4, 0.5) is 5.69 Å². The number of hydrogen-bond acceptors (Lipinski definition) is 3. The van der Waals surface area contributed by atoms with Gasteiger partial charge in [-0.1, -0.05) is 44.2 Å². The van der Waals surface area contributed by atoms with Gasteiger partial charge in [0.1, 0.15) is 11.1 Å². The van der Waals surface area contributed by atoms with E-state index in [-0.39, 0.29) is 5.56 Å². The molecule has 4 heteroatoms. The zero-order valence-corrected chi connectivity index (χ0v) is 13.7. The van der Waals surface area contributed by atoms with E-state index in [9.17, 15) is 9.59 Å². The summed E-state index contributed by atoms with van der Waals surface area (Å²) in [5.74, 6) is 0.00748. The third-order valence-electron chi connectivity index (χ3n) is 4.24. The second kappa shape index (κ2) is 6.71. The van der Waals surface area contributed by atoms with Crippen molar-refractivity contribution in [3.8, 4) is 0 Å². The Labute approximate surface area is 140 Å². The topological polar surface area (TPSA) is 59.3 Å². The number of benzene rings is 2.